The van der Waals surface area contributed by atoms with E-state index in [1.54, 1.807) is 13.8 Å². The van der Waals surface area contributed by atoms with E-state index in [1.807, 2.05) is 0 Å². The first-order valence-corrected chi connectivity index (χ1v) is 12.9. The maximum atomic E-state index is 11.7. The molecule has 0 radical (unpaired) electrons. The van der Waals surface area contributed by atoms with E-state index in [0.717, 1.165) is 0 Å². The Hall–Kier alpha value is -3.18. The van der Waals surface area contributed by atoms with Crippen molar-refractivity contribution in [3.05, 3.63) is 33.4 Å². The van der Waals surface area contributed by atoms with Gasteiger partial charge < -0.3 is 51.7 Å². The van der Waals surface area contributed by atoms with E-state index in [-0.39, 0.29) is 116 Å². The molecular formula is C23H37ClN11NaO9. The van der Waals surface area contributed by atoms with Gasteiger partial charge in [-0.1, -0.05) is 13.8 Å². The average molecular weight is 670 g/mol. The molecule has 4 aromatic heterocycles. The van der Waals surface area contributed by atoms with Gasteiger partial charge in [0.05, 0.1) is 32.5 Å². The number of nitrogens with zero attached hydrogens (tertiary/aromatic N) is 6. The number of hydrogen-bond donors (Lipinski definition) is 8. The molecule has 22 heteroatoms. The number of aliphatic hydroxyl groups excluding tert-OH is 3. The van der Waals surface area contributed by atoms with Crippen LogP contribution < -0.4 is 28.3 Å². The Balaban J connectivity index is 0.000000451. The second-order valence-corrected chi connectivity index (χ2v) is 9.46. The fourth-order valence-corrected chi connectivity index (χ4v) is 3.38. The molecule has 4 rings (SSSR count). The summed E-state index contributed by atoms with van der Waals surface area (Å²) in [6.07, 6.45) is 1.30. The van der Waals surface area contributed by atoms with Crippen LogP contribution in [0.4, 0.5) is 11.9 Å². The van der Waals surface area contributed by atoms with Crippen molar-refractivity contribution in [3.8, 4) is 0 Å². The second-order valence-electron chi connectivity index (χ2n) is 9.46. The minimum absolute atomic E-state index is 0. The van der Waals surface area contributed by atoms with Gasteiger partial charge in [0.2, 0.25) is 11.9 Å². The SMILES string of the molecule is CC(C)[C@H](N)C(=O)OCC(CO)OCn1cnc2c(=O)nc(N)[nH]c21.Cl.Nc1nc2c(ncn2COC(CO)CO)c(=O)[nH]1.[NaH]. The molecular weight excluding hydrogens is 633 g/mol. The molecule has 4 aromatic rings. The molecule has 11 N–H and O–H groups in total. The molecule has 0 fully saturated rings. The Kier molecular flexibility index (Phi) is 16.6. The number of nitrogens with two attached hydrogens (primary N) is 3. The zero-order valence-corrected chi connectivity index (χ0v) is 24.6. The number of H-pyrrole nitrogens is 2. The van der Waals surface area contributed by atoms with E-state index in [1.165, 1.54) is 21.8 Å². The monoisotopic (exact) mass is 669 g/mol. The van der Waals surface area contributed by atoms with E-state index < -0.39 is 35.3 Å². The number of aromatic nitrogens is 8. The first-order chi connectivity index (χ1) is 20.5. The molecule has 0 aliphatic carbocycles. The molecule has 0 amide bonds. The normalized spacial score (nSPS) is 12.4. The summed E-state index contributed by atoms with van der Waals surface area (Å²) in [4.78, 5) is 55.2. The van der Waals surface area contributed by atoms with Gasteiger partial charge in [0.1, 0.15) is 44.0 Å². The van der Waals surface area contributed by atoms with Crippen molar-refractivity contribution in [2.45, 2.75) is 45.6 Å². The average Bonchev–Trinajstić information content (AvgIpc) is 3.57. The number of esters is 1. The summed E-state index contributed by atoms with van der Waals surface area (Å²) in [5.74, 6) is -0.688. The van der Waals surface area contributed by atoms with Crippen molar-refractivity contribution in [2.75, 3.05) is 37.9 Å². The molecule has 0 saturated heterocycles. The fraction of sp³-hybridized carbons (Fsp3) is 0.522. The van der Waals surface area contributed by atoms with E-state index >= 15 is 0 Å². The molecule has 20 nitrogen and oxygen atoms in total. The van der Waals surface area contributed by atoms with E-state index in [2.05, 4.69) is 29.9 Å². The number of hydrogen-bond acceptors (Lipinski definition) is 16. The van der Waals surface area contributed by atoms with Crippen molar-refractivity contribution in [1.82, 2.24) is 39.0 Å². The number of carbonyl (C=O) groups excluding carboxylic acids is 1. The molecule has 0 bridgehead atoms. The maximum absolute atomic E-state index is 11.7. The number of imidazole rings is 2. The van der Waals surface area contributed by atoms with Crippen LogP contribution in [-0.2, 0) is 32.5 Å². The van der Waals surface area contributed by atoms with Crippen molar-refractivity contribution in [1.29, 1.82) is 0 Å². The molecule has 0 aromatic carbocycles. The summed E-state index contributed by atoms with van der Waals surface area (Å²) in [6, 6.07) is -0.738. The van der Waals surface area contributed by atoms with Gasteiger partial charge in [-0.25, -0.2) is 9.97 Å². The summed E-state index contributed by atoms with van der Waals surface area (Å²) in [5.41, 5.74) is 16.5. The summed E-state index contributed by atoms with van der Waals surface area (Å²) in [7, 11) is 0. The van der Waals surface area contributed by atoms with Crippen LogP contribution in [0.5, 0.6) is 0 Å². The van der Waals surface area contributed by atoms with Gasteiger partial charge in [-0.2, -0.15) is 9.97 Å². The van der Waals surface area contributed by atoms with E-state index in [0.29, 0.717) is 5.65 Å². The molecule has 45 heavy (non-hydrogen) atoms. The quantitative estimate of drug-likeness (QED) is 0.0503. The van der Waals surface area contributed by atoms with Crippen LogP contribution >= 0.6 is 12.4 Å². The summed E-state index contributed by atoms with van der Waals surface area (Å²) in [5, 5.41) is 27.1. The second kappa shape index (κ2) is 18.7. The molecule has 2 atom stereocenters. The summed E-state index contributed by atoms with van der Waals surface area (Å²) >= 11 is 0. The van der Waals surface area contributed by atoms with E-state index in [4.69, 9.17) is 41.6 Å². The summed E-state index contributed by atoms with van der Waals surface area (Å²) in [6.45, 7) is 2.43. The minimum atomic E-state index is -0.758. The van der Waals surface area contributed by atoms with Gasteiger partial charge in [-0.15, -0.1) is 12.4 Å². The van der Waals surface area contributed by atoms with Crippen molar-refractivity contribution in [3.63, 3.8) is 0 Å². The molecule has 4 heterocycles. The molecule has 1 unspecified atom stereocenters. The number of fused-ring (bicyclic) bond motifs is 2. The van der Waals surface area contributed by atoms with Crippen LogP contribution in [0.15, 0.2) is 22.2 Å². The zero-order valence-electron chi connectivity index (χ0n) is 23.8. The number of rotatable bonds is 13. The number of anilines is 2. The topological polar surface area (TPSA) is 311 Å². The number of ether oxygens (including phenoxy) is 3. The summed E-state index contributed by atoms with van der Waals surface area (Å²) < 4.78 is 18.7. The Morgan fingerprint density at radius 1 is 0.911 bits per heavy atom. The standard InChI is InChI=1S/C14H22N6O5.C9H13N5O4.ClH.Na.H/c1-7(2)9(15)13(23)24-4-8(3-21)25-6-20-5-17-10-11(20)18-14(16)19-12(10)22;10-9-12-7-6(8(17)13-9)11-3-14(7)4-18-5(1-15)2-16;;;/h5,7-9,21H,3-4,6,15H2,1-2H3,(H3,16,18,19,22);3,5,15-16H,1-2,4H2,(H3,10,12,13,17);1H;;/t8?,9-;;;;/m0..../s1. The Morgan fingerprint density at radius 3 is 2.09 bits per heavy atom. The van der Waals surface area contributed by atoms with Crippen LogP contribution in [0.25, 0.3) is 22.3 Å². The first-order valence-electron chi connectivity index (χ1n) is 12.9. The Bertz CT molecular complexity index is 1620. The molecule has 0 aliphatic heterocycles. The third kappa shape index (κ3) is 10.7. The van der Waals surface area contributed by atoms with Crippen molar-refractivity contribution < 1.29 is 34.3 Å². The van der Waals surface area contributed by atoms with Gasteiger partial charge in [0, 0.05) is 0 Å². The van der Waals surface area contributed by atoms with Crippen molar-refractivity contribution in [2.24, 2.45) is 11.7 Å². The van der Waals surface area contributed by atoms with Gasteiger partial charge in [0.15, 0.2) is 16.7 Å². The van der Waals surface area contributed by atoms with Crippen LogP contribution in [0.1, 0.15) is 13.8 Å². The molecule has 0 aliphatic rings. The predicted molar refractivity (Wildman–Crippen MR) is 164 cm³/mol. The number of nitrogens with one attached hydrogen (secondary N) is 2. The Morgan fingerprint density at radius 2 is 1.47 bits per heavy atom. The van der Waals surface area contributed by atoms with E-state index in [9.17, 15) is 19.5 Å². The molecule has 246 valence electrons. The number of nitrogen functional groups attached to an aromatic ring is 2. The van der Waals surface area contributed by atoms with Gasteiger partial charge in [-0.3, -0.25) is 28.5 Å². The van der Waals surface area contributed by atoms with Crippen LogP contribution in [0.3, 0.4) is 0 Å². The van der Waals surface area contributed by atoms with Gasteiger partial charge in [-0.05, 0) is 5.92 Å². The molecule has 0 saturated carbocycles. The number of aromatic amines is 2. The fourth-order valence-electron chi connectivity index (χ4n) is 3.38. The predicted octanol–water partition coefficient (Wildman–Crippen LogP) is -3.63. The number of aliphatic hydroxyl groups is 3. The number of carbonyl (C=O) groups is 1. The van der Waals surface area contributed by atoms with Crippen LogP contribution in [0.2, 0.25) is 0 Å². The first kappa shape index (κ1) is 39.8. The van der Waals surface area contributed by atoms with Gasteiger partial charge in [0.25, 0.3) is 5.56 Å². The number of halogens is 1. The van der Waals surface area contributed by atoms with Crippen LogP contribution in [-0.4, -0.2) is 135 Å². The third-order valence-electron chi connectivity index (χ3n) is 5.91. The third-order valence-corrected chi connectivity index (χ3v) is 5.91. The van der Waals surface area contributed by atoms with Gasteiger partial charge >= 0.3 is 41.1 Å². The Labute approximate surface area is 283 Å². The van der Waals surface area contributed by atoms with Crippen molar-refractivity contribution >= 4 is 82.2 Å². The van der Waals surface area contributed by atoms with Crippen LogP contribution in [0, 0.1) is 5.92 Å². The molecule has 0 spiro atoms. The zero-order chi connectivity index (χ0) is 31.7.